The van der Waals surface area contributed by atoms with E-state index < -0.39 is 0 Å². The van der Waals surface area contributed by atoms with Gasteiger partial charge < -0.3 is 10.9 Å². The van der Waals surface area contributed by atoms with Gasteiger partial charge in [0.1, 0.15) is 0 Å². The highest BCUT2D eigenvalue weighted by Crippen LogP contribution is 2.33. The highest BCUT2D eigenvalue weighted by molar-refractivity contribution is 7.99. The minimum atomic E-state index is 0.135. The van der Waals surface area contributed by atoms with Crippen molar-refractivity contribution >= 4 is 17.6 Å². The maximum Gasteiger partial charge on any atom is 0.171 e. The number of nitrogens with zero attached hydrogens (tertiary/aromatic N) is 1. The molecule has 0 saturated carbocycles. The van der Waals surface area contributed by atoms with Gasteiger partial charge in [-0.2, -0.15) is 0 Å². The Bertz CT molecular complexity index is 623. The van der Waals surface area contributed by atoms with Crippen LogP contribution in [0.2, 0.25) is 0 Å². The molecule has 2 rings (SSSR count). The molecule has 4 heteroatoms. The Morgan fingerprint density at radius 1 is 1.11 bits per heavy atom. The van der Waals surface area contributed by atoms with Crippen molar-refractivity contribution in [3.8, 4) is 0 Å². The smallest absolute Gasteiger partial charge is 0.171 e. The third kappa shape index (κ3) is 3.09. The van der Waals surface area contributed by atoms with E-state index in [9.17, 15) is 0 Å². The van der Waals surface area contributed by atoms with Crippen LogP contribution in [-0.2, 0) is 0 Å². The van der Waals surface area contributed by atoms with Crippen molar-refractivity contribution in [3.05, 3.63) is 59.2 Å². The molecule has 3 N–H and O–H groups in total. The molecule has 0 amide bonds. The lowest BCUT2D eigenvalue weighted by molar-refractivity contribution is 0.318. The quantitative estimate of drug-likeness (QED) is 0.389. The van der Waals surface area contributed by atoms with Gasteiger partial charge in [0.15, 0.2) is 5.84 Å². The van der Waals surface area contributed by atoms with Gasteiger partial charge in [-0.3, -0.25) is 0 Å². The van der Waals surface area contributed by atoms with Crippen LogP contribution in [-0.4, -0.2) is 11.0 Å². The van der Waals surface area contributed by atoms with E-state index in [1.54, 1.807) is 11.8 Å². The van der Waals surface area contributed by atoms with E-state index in [1.807, 2.05) is 37.3 Å². The first-order valence-corrected chi connectivity index (χ1v) is 6.75. The molecule has 0 atom stereocenters. The molecule has 2 aromatic carbocycles. The van der Waals surface area contributed by atoms with E-state index in [1.165, 1.54) is 10.5 Å². The molecule has 3 nitrogen and oxygen atoms in total. The third-order valence-corrected chi connectivity index (χ3v) is 4.07. The molecule has 0 heterocycles. The first kappa shape index (κ1) is 13.5. The number of hydrogen-bond donors (Lipinski definition) is 2. The third-order valence-electron chi connectivity index (χ3n) is 2.83. The number of amidine groups is 1. The van der Waals surface area contributed by atoms with E-state index in [0.717, 1.165) is 16.0 Å². The van der Waals surface area contributed by atoms with Crippen molar-refractivity contribution < 1.29 is 5.21 Å². The summed E-state index contributed by atoms with van der Waals surface area (Å²) in [6, 6.07) is 14.0. The van der Waals surface area contributed by atoms with Crippen molar-refractivity contribution in [1.82, 2.24) is 0 Å². The Labute approximate surface area is 117 Å². The normalized spacial score (nSPS) is 11.6. The number of hydrogen-bond acceptors (Lipinski definition) is 3. The Morgan fingerprint density at radius 3 is 2.53 bits per heavy atom. The summed E-state index contributed by atoms with van der Waals surface area (Å²) >= 11 is 1.63. The SMILES string of the molecule is Cc1ccc(C(N)=NO)c(Sc2ccccc2C)c1. The maximum absolute atomic E-state index is 8.86. The Kier molecular flexibility index (Phi) is 4.12. The average molecular weight is 272 g/mol. The molecule has 0 aliphatic carbocycles. The molecule has 0 fully saturated rings. The Hall–Kier alpha value is -1.94. The van der Waals surface area contributed by atoms with Crippen molar-refractivity contribution in [1.29, 1.82) is 0 Å². The zero-order chi connectivity index (χ0) is 13.8. The molecular formula is C15H16N2OS. The molecule has 0 aliphatic rings. The summed E-state index contributed by atoms with van der Waals surface area (Å²) in [6.07, 6.45) is 0. The van der Waals surface area contributed by atoms with E-state index >= 15 is 0 Å². The van der Waals surface area contributed by atoms with Crippen LogP contribution >= 0.6 is 11.8 Å². The molecule has 0 bridgehead atoms. The highest BCUT2D eigenvalue weighted by Gasteiger charge is 2.10. The highest BCUT2D eigenvalue weighted by atomic mass is 32.2. The number of nitrogens with two attached hydrogens (primary N) is 1. The Balaban J connectivity index is 2.44. The van der Waals surface area contributed by atoms with Gasteiger partial charge in [-0.15, -0.1) is 0 Å². The standard InChI is InChI=1S/C15H16N2OS/c1-10-7-8-12(15(16)17-18)14(9-10)19-13-6-4-3-5-11(13)2/h3-9,18H,1-2H3,(H2,16,17). The predicted octanol–water partition coefficient (Wildman–Crippen LogP) is 3.55. The van der Waals surface area contributed by atoms with Crippen molar-refractivity contribution in [2.24, 2.45) is 10.9 Å². The molecule has 19 heavy (non-hydrogen) atoms. The lowest BCUT2D eigenvalue weighted by Crippen LogP contribution is -2.14. The maximum atomic E-state index is 8.86. The summed E-state index contributed by atoms with van der Waals surface area (Å²) in [5, 5.41) is 12.0. The van der Waals surface area contributed by atoms with Crippen LogP contribution in [0.15, 0.2) is 57.4 Å². The van der Waals surface area contributed by atoms with Crippen LogP contribution < -0.4 is 5.73 Å². The van der Waals surface area contributed by atoms with Gasteiger partial charge in [0.2, 0.25) is 0 Å². The van der Waals surface area contributed by atoms with Crippen molar-refractivity contribution in [2.45, 2.75) is 23.6 Å². The lowest BCUT2D eigenvalue weighted by atomic mass is 10.1. The molecule has 2 aromatic rings. The van der Waals surface area contributed by atoms with Gasteiger partial charge in [0.05, 0.1) is 0 Å². The predicted molar refractivity (Wildman–Crippen MR) is 79.0 cm³/mol. The van der Waals surface area contributed by atoms with Crippen molar-refractivity contribution in [3.63, 3.8) is 0 Å². The monoisotopic (exact) mass is 272 g/mol. The van der Waals surface area contributed by atoms with Gasteiger partial charge in [-0.25, -0.2) is 0 Å². The van der Waals surface area contributed by atoms with E-state index in [2.05, 4.69) is 24.2 Å². The van der Waals surface area contributed by atoms with Gasteiger partial charge in [0.25, 0.3) is 0 Å². The van der Waals surface area contributed by atoms with Gasteiger partial charge >= 0.3 is 0 Å². The van der Waals surface area contributed by atoms with Crippen LogP contribution in [0.4, 0.5) is 0 Å². The summed E-state index contributed by atoms with van der Waals surface area (Å²) in [6.45, 7) is 4.10. The molecule has 0 radical (unpaired) electrons. The second kappa shape index (κ2) is 5.80. The first-order chi connectivity index (χ1) is 9.11. The van der Waals surface area contributed by atoms with E-state index in [4.69, 9.17) is 10.9 Å². The molecule has 0 aromatic heterocycles. The second-order valence-electron chi connectivity index (χ2n) is 4.35. The number of oxime groups is 1. The van der Waals surface area contributed by atoms with Crippen LogP contribution in [0, 0.1) is 13.8 Å². The fourth-order valence-corrected chi connectivity index (χ4v) is 2.91. The Morgan fingerprint density at radius 2 is 1.84 bits per heavy atom. The average Bonchev–Trinajstić information content (AvgIpc) is 2.41. The number of aryl methyl sites for hydroxylation is 2. The lowest BCUT2D eigenvalue weighted by Gasteiger charge is -2.10. The number of benzene rings is 2. The molecule has 0 saturated heterocycles. The van der Waals surface area contributed by atoms with E-state index in [0.29, 0.717) is 0 Å². The van der Waals surface area contributed by atoms with Crippen LogP contribution in [0.5, 0.6) is 0 Å². The molecular weight excluding hydrogens is 256 g/mol. The number of rotatable bonds is 3. The zero-order valence-corrected chi connectivity index (χ0v) is 11.7. The van der Waals surface area contributed by atoms with Crippen LogP contribution in [0.1, 0.15) is 16.7 Å². The fourth-order valence-electron chi connectivity index (χ4n) is 1.77. The second-order valence-corrected chi connectivity index (χ2v) is 5.44. The van der Waals surface area contributed by atoms with Crippen LogP contribution in [0.3, 0.4) is 0 Å². The summed E-state index contributed by atoms with van der Waals surface area (Å²) < 4.78 is 0. The van der Waals surface area contributed by atoms with E-state index in [-0.39, 0.29) is 5.84 Å². The summed E-state index contributed by atoms with van der Waals surface area (Å²) in [5.74, 6) is 0.135. The summed E-state index contributed by atoms with van der Waals surface area (Å²) in [4.78, 5) is 2.16. The summed E-state index contributed by atoms with van der Waals surface area (Å²) in [7, 11) is 0. The topological polar surface area (TPSA) is 58.6 Å². The molecule has 0 unspecified atom stereocenters. The fraction of sp³-hybridized carbons (Fsp3) is 0.133. The largest absolute Gasteiger partial charge is 0.409 e. The van der Waals surface area contributed by atoms with Gasteiger partial charge in [-0.05, 0) is 43.2 Å². The minimum absolute atomic E-state index is 0.135. The van der Waals surface area contributed by atoms with Crippen LogP contribution in [0.25, 0.3) is 0 Å². The van der Waals surface area contributed by atoms with Gasteiger partial charge in [-0.1, -0.05) is 41.2 Å². The molecule has 0 aliphatic heterocycles. The zero-order valence-electron chi connectivity index (χ0n) is 10.9. The first-order valence-electron chi connectivity index (χ1n) is 5.94. The van der Waals surface area contributed by atoms with Crippen molar-refractivity contribution in [2.75, 3.05) is 0 Å². The molecule has 0 spiro atoms. The minimum Gasteiger partial charge on any atom is -0.409 e. The van der Waals surface area contributed by atoms with Gasteiger partial charge in [0, 0.05) is 15.4 Å². The molecule has 98 valence electrons. The summed E-state index contributed by atoms with van der Waals surface area (Å²) in [5.41, 5.74) is 8.83.